The van der Waals surface area contributed by atoms with Crippen LogP contribution in [0.3, 0.4) is 0 Å². The third kappa shape index (κ3) is 10.1. The Labute approximate surface area is 99.2 Å². The summed E-state index contributed by atoms with van der Waals surface area (Å²) < 4.78 is 22.0. The molecule has 0 bridgehead atoms. The van der Waals surface area contributed by atoms with E-state index in [1.165, 1.54) is 11.7 Å². The van der Waals surface area contributed by atoms with Gasteiger partial charge in [-0.05, 0) is 19.4 Å². The van der Waals surface area contributed by atoms with Crippen LogP contribution in [0.2, 0.25) is 0 Å². The molecule has 0 fully saturated rings. The molecule has 0 heterocycles. The zero-order chi connectivity index (χ0) is 12.6. The van der Waals surface area contributed by atoms with Gasteiger partial charge in [0.15, 0.2) is 9.84 Å². The van der Waals surface area contributed by atoms with E-state index < -0.39 is 9.84 Å². The van der Waals surface area contributed by atoms with E-state index in [9.17, 15) is 8.42 Å². The fourth-order valence-corrected chi connectivity index (χ4v) is 1.88. The molecule has 0 aromatic rings. The van der Waals surface area contributed by atoms with Gasteiger partial charge in [-0.3, -0.25) is 0 Å². The normalized spacial score (nSPS) is 14.8. The molecule has 0 aliphatic rings. The summed E-state index contributed by atoms with van der Waals surface area (Å²) in [5.74, 6) is 0. The highest BCUT2D eigenvalue weighted by molar-refractivity contribution is 7.93. The SMILES string of the molecule is CC(C)N[C@H](/C=C/S(C)(=O)=O)CCCCN. The first-order valence-electron chi connectivity index (χ1n) is 5.69. The Morgan fingerprint density at radius 1 is 1.31 bits per heavy atom. The van der Waals surface area contributed by atoms with Gasteiger partial charge >= 0.3 is 0 Å². The van der Waals surface area contributed by atoms with Gasteiger partial charge < -0.3 is 11.1 Å². The van der Waals surface area contributed by atoms with E-state index in [0.29, 0.717) is 12.6 Å². The Bertz CT molecular complexity index is 297. The highest BCUT2D eigenvalue weighted by Crippen LogP contribution is 2.04. The number of hydrogen-bond donors (Lipinski definition) is 2. The van der Waals surface area contributed by atoms with Crippen LogP contribution in [0, 0.1) is 0 Å². The van der Waals surface area contributed by atoms with E-state index in [2.05, 4.69) is 5.32 Å². The highest BCUT2D eigenvalue weighted by atomic mass is 32.2. The van der Waals surface area contributed by atoms with Crippen molar-refractivity contribution in [2.24, 2.45) is 5.73 Å². The molecule has 3 N–H and O–H groups in total. The Hall–Kier alpha value is -0.390. The minimum atomic E-state index is -3.03. The maximum atomic E-state index is 11.0. The summed E-state index contributed by atoms with van der Waals surface area (Å²) in [5.41, 5.74) is 5.42. The van der Waals surface area contributed by atoms with Crippen molar-refractivity contribution in [2.45, 2.75) is 45.2 Å². The van der Waals surface area contributed by atoms with Crippen LogP contribution in [0.4, 0.5) is 0 Å². The largest absolute Gasteiger partial charge is 0.330 e. The molecule has 0 aromatic carbocycles. The molecule has 0 radical (unpaired) electrons. The maximum Gasteiger partial charge on any atom is 0.168 e. The van der Waals surface area contributed by atoms with Gasteiger partial charge in [-0.1, -0.05) is 26.3 Å². The summed E-state index contributed by atoms with van der Waals surface area (Å²) in [5, 5.41) is 4.59. The van der Waals surface area contributed by atoms with Crippen LogP contribution in [0.25, 0.3) is 0 Å². The Morgan fingerprint density at radius 3 is 2.38 bits per heavy atom. The van der Waals surface area contributed by atoms with Crippen LogP contribution in [-0.4, -0.2) is 33.3 Å². The first-order valence-corrected chi connectivity index (χ1v) is 7.65. The molecule has 16 heavy (non-hydrogen) atoms. The van der Waals surface area contributed by atoms with Crippen molar-refractivity contribution in [1.29, 1.82) is 0 Å². The molecule has 0 aliphatic heterocycles. The minimum Gasteiger partial charge on any atom is -0.330 e. The first-order chi connectivity index (χ1) is 7.35. The van der Waals surface area contributed by atoms with Gasteiger partial charge in [-0.25, -0.2) is 8.42 Å². The van der Waals surface area contributed by atoms with E-state index >= 15 is 0 Å². The van der Waals surface area contributed by atoms with E-state index in [1.807, 2.05) is 13.8 Å². The molecule has 0 aromatic heterocycles. The fraction of sp³-hybridized carbons (Fsp3) is 0.818. The molecule has 0 saturated heterocycles. The van der Waals surface area contributed by atoms with Crippen LogP contribution in [0.15, 0.2) is 11.5 Å². The van der Waals surface area contributed by atoms with Crippen molar-refractivity contribution >= 4 is 9.84 Å². The van der Waals surface area contributed by atoms with Crippen molar-refractivity contribution in [3.63, 3.8) is 0 Å². The number of hydrogen-bond acceptors (Lipinski definition) is 4. The van der Waals surface area contributed by atoms with Crippen molar-refractivity contribution in [3.05, 3.63) is 11.5 Å². The summed E-state index contributed by atoms with van der Waals surface area (Å²) in [7, 11) is -3.03. The standard InChI is InChI=1S/C11H24N2O2S/c1-10(2)13-11(6-4-5-8-12)7-9-16(3,14)15/h7,9-11,13H,4-6,8,12H2,1-3H3/b9-7+/t11-/m0/s1. The molecule has 0 unspecified atom stereocenters. The van der Waals surface area contributed by atoms with Crippen molar-refractivity contribution in [2.75, 3.05) is 12.8 Å². The van der Waals surface area contributed by atoms with Crippen molar-refractivity contribution in [3.8, 4) is 0 Å². The summed E-state index contributed by atoms with van der Waals surface area (Å²) in [4.78, 5) is 0. The number of nitrogens with two attached hydrogens (primary N) is 1. The lowest BCUT2D eigenvalue weighted by Crippen LogP contribution is -2.33. The van der Waals surface area contributed by atoms with Gasteiger partial charge in [-0.2, -0.15) is 0 Å². The number of unbranched alkanes of at least 4 members (excludes halogenated alkanes) is 1. The topological polar surface area (TPSA) is 72.2 Å². The van der Waals surface area contributed by atoms with Crippen molar-refractivity contribution in [1.82, 2.24) is 5.32 Å². The highest BCUT2D eigenvalue weighted by Gasteiger charge is 2.06. The van der Waals surface area contributed by atoms with Crippen LogP contribution in [0.1, 0.15) is 33.1 Å². The van der Waals surface area contributed by atoms with Crippen LogP contribution < -0.4 is 11.1 Å². The molecule has 0 saturated carbocycles. The Morgan fingerprint density at radius 2 is 1.94 bits per heavy atom. The zero-order valence-electron chi connectivity index (χ0n) is 10.4. The second-order valence-corrected chi connectivity index (χ2v) is 6.30. The Balaban J connectivity index is 4.25. The van der Waals surface area contributed by atoms with Gasteiger partial charge in [0.2, 0.25) is 0 Å². The lowest BCUT2D eigenvalue weighted by molar-refractivity contribution is 0.482. The molecule has 1 atom stereocenters. The van der Waals surface area contributed by atoms with Gasteiger partial charge in [-0.15, -0.1) is 0 Å². The molecule has 0 aliphatic carbocycles. The van der Waals surface area contributed by atoms with Crippen LogP contribution in [-0.2, 0) is 9.84 Å². The van der Waals surface area contributed by atoms with E-state index in [1.54, 1.807) is 6.08 Å². The zero-order valence-corrected chi connectivity index (χ0v) is 11.3. The average molecular weight is 248 g/mol. The fourth-order valence-electron chi connectivity index (χ4n) is 1.41. The third-order valence-corrected chi connectivity index (χ3v) is 2.73. The number of sulfone groups is 1. The Kier molecular flexibility index (Phi) is 7.62. The molecule has 4 nitrogen and oxygen atoms in total. The molecular formula is C11H24N2O2S. The van der Waals surface area contributed by atoms with Crippen LogP contribution >= 0.6 is 0 Å². The summed E-state index contributed by atoms with van der Waals surface area (Å²) in [6.45, 7) is 4.78. The molecule has 0 rings (SSSR count). The molecule has 96 valence electrons. The third-order valence-electron chi connectivity index (χ3n) is 2.07. The van der Waals surface area contributed by atoms with E-state index in [0.717, 1.165) is 19.3 Å². The lowest BCUT2D eigenvalue weighted by atomic mass is 10.1. The molecule has 0 spiro atoms. The van der Waals surface area contributed by atoms with Gasteiger partial charge in [0.25, 0.3) is 0 Å². The molecule has 0 amide bonds. The second-order valence-electron chi connectivity index (χ2n) is 4.37. The smallest absolute Gasteiger partial charge is 0.168 e. The summed E-state index contributed by atoms with van der Waals surface area (Å²) in [6, 6.07) is 0.452. The van der Waals surface area contributed by atoms with Gasteiger partial charge in [0, 0.05) is 23.7 Å². The monoisotopic (exact) mass is 248 g/mol. The van der Waals surface area contributed by atoms with E-state index in [4.69, 9.17) is 5.73 Å². The minimum absolute atomic E-state index is 0.112. The molecular weight excluding hydrogens is 224 g/mol. The second kappa shape index (κ2) is 7.81. The average Bonchev–Trinajstić information content (AvgIpc) is 2.12. The maximum absolute atomic E-state index is 11.0. The van der Waals surface area contributed by atoms with Gasteiger partial charge in [0.1, 0.15) is 0 Å². The van der Waals surface area contributed by atoms with Crippen molar-refractivity contribution < 1.29 is 8.42 Å². The first kappa shape index (κ1) is 15.6. The predicted molar refractivity (Wildman–Crippen MR) is 68.9 cm³/mol. The summed E-state index contributed by atoms with van der Waals surface area (Å²) >= 11 is 0. The summed E-state index contributed by atoms with van der Waals surface area (Å²) in [6.07, 6.45) is 5.83. The lowest BCUT2D eigenvalue weighted by Gasteiger charge is -2.17. The van der Waals surface area contributed by atoms with Crippen LogP contribution in [0.5, 0.6) is 0 Å². The number of nitrogens with one attached hydrogen (secondary N) is 1. The quantitative estimate of drug-likeness (QED) is 0.630. The van der Waals surface area contributed by atoms with Gasteiger partial charge in [0.05, 0.1) is 0 Å². The predicted octanol–water partition coefficient (Wildman–Crippen LogP) is 1.04. The molecule has 5 heteroatoms. The van der Waals surface area contributed by atoms with E-state index in [-0.39, 0.29) is 6.04 Å². The number of rotatable bonds is 8.